The van der Waals surface area contributed by atoms with Crippen LogP contribution in [0.15, 0.2) is 53.4 Å². The molecule has 142 valence electrons. The van der Waals surface area contributed by atoms with Gasteiger partial charge in [0.1, 0.15) is 0 Å². The van der Waals surface area contributed by atoms with Gasteiger partial charge in [0, 0.05) is 23.5 Å². The average molecular weight is 386 g/mol. The smallest absolute Gasteiger partial charge is 0.256 e. The van der Waals surface area contributed by atoms with Gasteiger partial charge in [-0.3, -0.25) is 9.59 Å². The lowest BCUT2D eigenvalue weighted by Gasteiger charge is -2.12. The maximum absolute atomic E-state index is 12.5. The highest BCUT2D eigenvalue weighted by Crippen LogP contribution is 2.20. The van der Waals surface area contributed by atoms with Crippen LogP contribution in [-0.4, -0.2) is 32.5 Å². The summed E-state index contributed by atoms with van der Waals surface area (Å²) in [6.45, 7) is 0. The molecule has 6 nitrogen and oxygen atoms in total. The molecule has 1 saturated carbocycles. The van der Waals surface area contributed by atoms with Gasteiger partial charge in [0.2, 0.25) is 0 Å². The van der Waals surface area contributed by atoms with Crippen molar-refractivity contribution in [1.29, 1.82) is 0 Å². The standard InChI is InChI=1S/C20H22N2O4S/c1-27(25,26)18-9-5-4-8-17(18)20(24)22-16-12-10-14(11-13-16)19(23)21-15-6-2-3-7-15/h4-5,8-13,15H,2-3,6-7H2,1H3,(H,21,23)(H,22,24). The van der Waals surface area contributed by atoms with Gasteiger partial charge in [0.15, 0.2) is 9.84 Å². The van der Waals surface area contributed by atoms with Crippen LogP contribution in [0.4, 0.5) is 5.69 Å². The summed E-state index contributed by atoms with van der Waals surface area (Å²) in [6, 6.07) is 12.8. The molecule has 0 saturated heterocycles. The Hall–Kier alpha value is -2.67. The number of amides is 2. The Morgan fingerprint density at radius 2 is 1.56 bits per heavy atom. The van der Waals surface area contributed by atoms with Gasteiger partial charge in [-0.05, 0) is 49.2 Å². The number of benzene rings is 2. The van der Waals surface area contributed by atoms with Gasteiger partial charge in [-0.1, -0.05) is 25.0 Å². The average Bonchev–Trinajstić information content (AvgIpc) is 3.14. The summed E-state index contributed by atoms with van der Waals surface area (Å²) >= 11 is 0. The fraction of sp³-hybridized carbons (Fsp3) is 0.300. The zero-order valence-electron chi connectivity index (χ0n) is 15.1. The molecule has 0 spiro atoms. The molecule has 7 heteroatoms. The first-order chi connectivity index (χ1) is 12.8. The summed E-state index contributed by atoms with van der Waals surface area (Å²) in [6.07, 6.45) is 5.38. The zero-order chi connectivity index (χ0) is 19.4. The largest absolute Gasteiger partial charge is 0.349 e. The van der Waals surface area contributed by atoms with E-state index in [-0.39, 0.29) is 22.4 Å². The van der Waals surface area contributed by atoms with Crippen molar-refractivity contribution in [2.45, 2.75) is 36.6 Å². The van der Waals surface area contributed by atoms with E-state index in [1.54, 1.807) is 36.4 Å². The van der Waals surface area contributed by atoms with Crippen LogP contribution in [0.3, 0.4) is 0 Å². The second-order valence-electron chi connectivity index (χ2n) is 6.75. The Morgan fingerprint density at radius 3 is 2.19 bits per heavy atom. The fourth-order valence-electron chi connectivity index (χ4n) is 3.22. The topological polar surface area (TPSA) is 92.3 Å². The molecule has 0 atom stereocenters. The van der Waals surface area contributed by atoms with E-state index in [1.807, 2.05) is 0 Å². The molecule has 1 aliphatic carbocycles. The van der Waals surface area contributed by atoms with Crippen LogP contribution in [0.5, 0.6) is 0 Å². The van der Waals surface area contributed by atoms with E-state index in [0.717, 1.165) is 31.9 Å². The highest BCUT2D eigenvalue weighted by atomic mass is 32.2. The first-order valence-corrected chi connectivity index (χ1v) is 10.7. The number of carbonyl (C=O) groups is 2. The van der Waals surface area contributed by atoms with E-state index in [1.165, 1.54) is 12.1 Å². The van der Waals surface area contributed by atoms with Gasteiger partial charge in [0.25, 0.3) is 11.8 Å². The van der Waals surface area contributed by atoms with Crippen LogP contribution in [-0.2, 0) is 9.84 Å². The lowest BCUT2D eigenvalue weighted by Crippen LogP contribution is -2.32. The zero-order valence-corrected chi connectivity index (χ0v) is 15.9. The first kappa shape index (κ1) is 19.1. The molecule has 0 heterocycles. The quantitative estimate of drug-likeness (QED) is 0.826. The molecule has 2 amide bonds. The summed E-state index contributed by atoms with van der Waals surface area (Å²) in [4.78, 5) is 24.7. The predicted octanol–water partition coefficient (Wildman–Crippen LogP) is 3.01. The van der Waals surface area contributed by atoms with Gasteiger partial charge in [-0.15, -0.1) is 0 Å². The summed E-state index contributed by atoms with van der Waals surface area (Å²) in [5.74, 6) is -0.638. The molecule has 3 rings (SSSR count). The molecule has 0 aromatic heterocycles. The van der Waals surface area contributed by atoms with Crippen molar-refractivity contribution in [2.75, 3.05) is 11.6 Å². The molecule has 0 radical (unpaired) electrons. The second kappa shape index (κ2) is 7.92. The number of sulfone groups is 1. The number of rotatable bonds is 5. The monoisotopic (exact) mass is 386 g/mol. The molecule has 0 aliphatic heterocycles. The molecule has 2 aromatic carbocycles. The Bertz CT molecular complexity index is 946. The van der Waals surface area contributed by atoms with E-state index in [2.05, 4.69) is 10.6 Å². The summed E-state index contributed by atoms with van der Waals surface area (Å²) in [7, 11) is -3.51. The van der Waals surface area contributed by atoms with Crippen LogP contribution in [0.1, 0.15) is 46.4 Å². The van der Waals surface area contributed by atoms with E-state index < -0.39 is 15.7 Å². The van der Waals surface area contributed by atoms with Crippen molar-refractivity contribution in [3.8, 4) is 0 Å². The van der Waals surface area contributed by atoms with Gasteiger partial charge in [-0.25, -0.2) is 8.42 Å². The van der Waals surface area contributed by atoms with E-state index in [0.29, 0.717) is 11.3 Å². The molecule has 2 aromatic rings. The minimum absolute atomic E-state index is 0.0185. The van der Waals surface area contributed by atoms with Crippen molar-refractivity contribution < 1.29 is 18.0 Å². The summed E-state index contributed by atoms with van der Waals surface area (Å²) < 4.78 is 23.7. The predicted molar refractivity (Wildman–Crippen MR) is 104 cm³/mol. The lowest BCUT2D eigenvalue weighted by molar-refractivity contribution is 0.0937. The third-order valence-electron chi connectivity index (χ3n) is 4.63. The number of carbonyl (C=O) groups excluding carboxylic acids is 2. The Labute approximate surface area is 158 Å². The van der Waals surface area contributed by atoms with Crippen molar-refractivity contribution in [1.82, 2.24) is 5.32 Å². The van der Waals surface area contributed by atoms with E-state index >= 15 is 0 Å². The number of nitrogens with one attached hydrogen (secondary N) is 2. The van der Waals surface area contributed by atoms with Gasteiger partial charge in [-0.2, -0.15) is 0 Å². The summed E-state index contributed by atoms with van der Waals surface area (Å²) in [5.41, 5.74) is 1.10. The first-order valence-electron chi connectivity index (χ1n) is 8.86. The van der Waals surface area contributed by atoms with Crippen LogP contribution in [0.2, 0.25) is 0 Å². The van der Waals surface area contributed by atoms with Crippen molar-refractivity contribution in [3.63, 3.8) is 0 Å². The molecule has 0 unspecified atom stereocenters. The number of hydrogen-bond donors (Lipinski definition) is 2. The van der Waals surface area contributed by atoms with Gasteiger partial charge < -0.3 is 10.6 Å². The Morgan fingerprint density at radius 1 is 0.926 bits per heavy atom. The Balaban J connectivity index is 1.70. The third-order valence-corrected chi connectivity index (χ3v) is 5.78. The maximum atomic E-state index is 12.5. The molecular formula is C20H22N2O4S. The van der Waals surface area contributed by atoms with Crippen LogP contribution in [0, 0.1) is 0 Å². The highest BCUT2D eigenvalue weighted by molar-refractivity contribution is 7.90. The minimum atomic E-state index is -3.51. The molecular weight excluding hydrogens is 364 g/mol. The molecule has 0 bridgehead atoms. The maximum Gasteiger partial charge on any atom is 0.256 e. The number of hydrogen-bond acceptors (Lipinski definition) is 4. The minimum Gasteiger partial charge on any atom is -0.349 e. The van der Waals surface area contributed by atoms with Crippen molar-refractivity contribution in [2.24, 2.45) is 0 Å². The SMILES string of the molecule is CS(=O)(=O)c1ccccc1C(=O)Nc1ccc(C(=O)NC2CCCC2)cc1. The second-order valence-corrected chi connectivity index (χ2v) is 8.74. The van der Waals surface area contributed by atoms with Crippen LogP contribution >= 0.6 is 0 Å². The van der Waals surface area contributed by atoms with Crippen LogP contribution in [0.25, 0.3) is 0 Å². The Kier molecular flexibility index (Phi) is 5.60. The lowest BCUT2D eigenvalue weighted by atomic mass is 10.1. The van der Waals surface area contributed by atoms with Crippen molar-refractivity contribution in [3.05, 3.63) is 59.7 Å². The highest BCUT2D eigenvalue weighted by Gasteiger charge is 2.19. The summed E-state index contributed by atoms with van der Waals surface area (Å²) in [5, 5.41) is 5.69. The molecule has 27 heavy (non-hydrogen) atoms. The fourth-order valence-corrected chi connectivity index (χ4v) is 4.11. The van der Waals surface area contributed by atoms with Crippen molar-refractivity contribution >= 4 is 27.3 Å². The van der Waals surface area contributed by atoms with Gasteiger partial charge in [0.05, 0.1) is 10.5 Å². The molecule has 2 N–H and O–H groups in total. The van der Waals surface area contributed by atoms with Gasteiger partial charge >= 0.3 is 0 Å². The molecule has 1 fully saturated rings. The third kappa shape index (κ3) is 4.74. The number of anilines is 1. The van der Waals surface area contributed by atoms with E-state index in [4.69, 9.17) is 0 Å². The molecule has 1 aliphatic rings. The normalized spacial score (nSPS) is 14.7. The van der Waals surface area contributed by atoms with E-state index in [9.17, 15) is 18.0 Å². The van der Waals surface area contributed by atoms with Crippen LogP contribution < -0.4 is 10.6 Å².